The molecule has 0 saturated heterocycles. The van der Waals surface area contributed by atoms with E-state index in [2.05, 4.69) is 14.6 Å². The van der Waals surface area contributed by atoms with E-state index in [1.807, 2.05) is 35.7 Å². The fourth-order valence-electron chi connectivity index (χ4n) is 2.09. The Hall–Kier alpha value is -2.12. The molecule has 0 aliphatic rings. The van der Waals surface area contributed by atoms with Crippen LogP contribution in [0, 0.1) is 0 Å². The number of allylic oxidation sites excluding steroid dienone is 1. The Kier molecular flexibility index (Phi) is 4.55. The highest BCUT2D eigenvalue weighted by molar-refractivity contribution is 7.19. The van der Waals surface area contributed by atoms with Crippen molar-refractivity contribution in [3.05, 3.63) is 40.3 Å². The summed E-state index contributed by atoms with van der Waals surface area (Å²) in [7, 11) is 0. The number of aromatic nitrogens is 3. The molecule has 0 aliphatic heterocycles. The highest BCUT2D eigenvalue weighted by Gasteiger charge is 2.10. The first-order valence-electron chi connectivity index (χ1n) is 6.78. The number of carboxylic acid groups (broad SMARTS) is 1. The first-order valence-corrected chi connectivity index (χ1v) is 8.43. The van der Waals surface area contributed by atoms with Crippen LogP contribution in [0.3, 0.4) is 0 Å². The van der Waals surface area contributed by atoms with Gasteiger partial charge in [0.2, 0.25) is 0 Å². The van der Waals surface area contributed by atoms with E-state index < -0.39 is 5.97 Å². The normalized spacial score (nSPS) is 11.9. The van der Waals surface area contributed by atoms with E-state index >= 15 is 0 Å². The lowest BCUT2D eigenvalue weighted by molar-refractivity contribution is -0.137. The van der Waals surface area contributed by atoms with Crippen LogP contribution in [-0.2, 0) is 4.79 Å². The van der Waals surface area contributed by atoms with Crippen LogP contribution in [-0.4, -0.2) is 25.6 Å². The Bertz CT molecular complexity index is 776. The summed E-state index contributed by atoms with van der Waals surface area (Å²) in [5, 5.41) is 15.6. The Morgan fingerprint density at radius 3 is 2.86 bits per heavy atom. The second-order valence-electron chi connectivity index (χ2n) is 4.73. The van der Waals surface area contributed by atoms with Gasteiger partial charge >= 0.3 is 5.97 Å². The number of thiazole rings is 1. The molecule has 22 heavy (non-hydrogen) atoms. The third-order valence-corrected chi connectivity index (χ3v) is 4.74. The fourth-order valence-corrected chi connectivity index (χ4v) is 3.51. The molecular weight excluding hydrogens is 318 g/mol. The van der Waals surface area contributed by atoms with Crippen molar-refractivity contribution < 1.29 is 9.90 Å². The number of nitrogens with zero attached hydrogens (tertiary/aromatic N) is 3. The molecule has 0 aliphatic carbocycles. The van der Waals surface area contributed by atoms with E-state index in [0.29, 0.717) is 12.8 Å². The highest BCUT2D eigenvalue weighted by Crippen LogP contribution is 2.31. The Morgan fingerprint density at radius 2 is 2.14 bits per heavy atom. The molecule has 1 N–H and O–H groups in total. The minimum absolute atomic E-state index is 0.150. The van der Waals surface area contributed by atoms with Crippen LogP contribution < -0.4 is 0 Å². The van der Waals surface area contributed by atoms with Gasteiger partial charge in [-0.1, -0.05) is 16.6 Å². The van der Waals surface area contributed by atoms with Crippen molar-refractivity contribution in [2.75, 3.05) is 0 Å². The maximum absolute atomic E-state index is 10.7. The molecule has 5 nitrogen and oxygen atoms in total. The van der Waals surface area contributed by atoms with Gasteiger partial charge in [0, 0.05) is 11.8 Å². The maximum atomic E-state index is 10.7. The number of benzene rings is 1. The van der Waals surface area contributed by atoms with E-state index in [4.69, 9.17) is 5.11 Å². The molecule has 3 aromatic rings. The molecule has 3 rings (SSSR count). The standard InChI is InChI=1S/C15H13N3O2S2/c19-14(20)7-3-4-10(8-11-9-21-18-17-11)15-16-12-5-1-2-6-13(12)22-15/h1-2,5-6,8-9H,3-4,7H2,(H,19,20)/b10-8+. The summed E-state index contributed by atoms with van der Waals surface area (Å²) in [5.41, 5.74) is 2.76. The van der Waals surface area contributed by atoms with Crippen LogP contribution in [0.2, 0.25) is 0 Å². The van der Waals surface area contributed by atoms with Gasteiger partial charge in [-0.15, -0.1) is 16.4 Å². The lowest BCUT2D eigenvalue weighted by Gasteiger charge is -2.02. The summed E-state index contributed by atoms with van der Waals surface area (Å²) in [6.45, 7) is 0. The quantitative estimate of drug-likeness (QED) is 0.740. The molecule has 0 spiro atoms. The average Bonchev–Trinajstić information content (AvgIpc) is 3.14. The highest BCUT2D eigenvalue weighted by atomic mass is 32.1. The van der Waals surface area contributed by atoms with Gasteiger partial charge in [-0.3, -0.25) is 4.79 Å². The predicted molar refractivity (Wildman–Crippen MR) is 88.9 cm³/mol. The van der Waals surface area contributed by atoms with Crippen LogP contribution in [0.25, 0.3) is 21.9 Å². The van der Waals surface area contributed by atoms with Gasteiger partial charge in [0.05, 0.1) is 15.9 Å². The zero-order valence-corrected chi connectivity index (χ0v) is 13.2. The van der Waals surface area contributed by atoms with Crippen LogP contribution in [0.4, 0.5) is 0 Å². The second kappa shape index (κ2) is 6.76. The topological polar surface area (TPSA) is 76.0 Å². The molecule has 1 aromatic carbocycles. The summed E-state index contributed by atoms with van der Waals surface area (Å²) in [6.07, 6.45) is 3.33. The van der Waals surface area contributed by atoms with Crippen LogP contribution >= 0.6 is 22.9 Å². The van der Waals surface area contributed by atoms with E-state index in [9.17, 15) is 4.79 Å². The summed E-state index contributed by atoms with van der Waals surface area (Å²) in [4.78, 5) is 15.4. The van der Waals surface area contributed by atoms with Gasteiger partial charge in [0.25, 0.3) is 0 Å². The zero-order chi connectivity index (χ0) is 15.4. The van der Waals surface area contributed by atoms with Gasteiger partial charge in [-0.25, -0.2) is 4.98 Å². The van der Waals surface area contributed by atoms with Crippen LogP contribution in [0.1, 0.15) is 30.0 Å². The SMILES string of the molecule is O=C(O)CCC/C(=C\c1csnn1)c1nc2ccccc2s1. The first kappa shape index (κ1) is 14.8. The minimum Gasteiger partial charge on any atom is -0.481 e. The molecular formula is C15H13N3O2S2. The van der Waals surface area contributed by atoms with Gasteiger partial charge in [-0.05, 0) is 48.2 Å². The van der Waals surface area contributed by atoms with E-state index in [1.54, 1.807) is 11.3 Å². The number of carboxylic acids is 1. The van der Waals surface area contributed by atoms with E-state index in [-0.39, 0.29) is 6.42 Å². The fraction of sp³-hybridized carbons (Fsp3) is 0.200. The smallest absolute Gasteiger partial charge is 0.303 e. The molecule has 0 fully saturated rings. The number of carbonyl (C=O) groups is 1. The summed E-state index contributed by atoms with van der Waals surface area (Å²) in [6, 6.07) is 7.97. The molecule has 7 heteroatoms. The van der Waals surface area contributed by atoms with Gasteiger partial charge in [0.1, 0.15) is 5.01 Å². The van der Waals surface area contributed by atoms with Crippen molar-refractivity contribution in [2.45, 2.75) is 19.3 Å². The van der Waals surface area contributed by atoms with Crippen molar-refractivity contribution >= 4 is 50.7 Å². The van der Waals surface area contributed by atoms with Crippen molar-refractivity contribution in [1.29, 1.82) is 0 Å². The largest absolute Gasteiger partial charge is 0.481 e. The van der Waals surface area contributed by atoms with Crippen molar-refractivity contribution in [3.63, 3.8) is 0 Å². The Morgan fingerprint density at radius 1 is 1.27 bits per heavy atom. The summed E-state index contributed by atoms with van der Waals surface area (Å²) < 4.78 is 4.98. The molecule has 0 saturated carbocycles. The molecule has 0 unspecified atom stereocenters. The third-order valence-electron chi connectivity index (χ3n) is 3.10. The molecule has 0 atom stereocenters. The van der Waals surface area contributed by atoms with Crippen LogP contribution in [0.15, 0.2) is 29.6 Å². The lowest BCUT2D eigenvalue weighted by atomic mass is 10.1. The second-order valence-corrected chi connectivity index (χ2v) is 6.37. The molecule has 112 valence electrons. The van der Waals surface area contributed by atoms with E-state index in [1.165, 1.54) is 11.5 Å². The van der Waals surface area contributed by atoms with Gasteiger partial charge in [-0.2, -0.15) is 0 Å². The molecule has 0 bridgehead atoms. The maximum Gasteiger partial charge on any atom is 0.303 e. The summed E-state index contributed by atoms with van der Waals surface area (Å²) >= 11 is 2.91. The van der Waals surface area contributed by atoms with Crippen LogP contribution in [0.5, 0.6) is 0 Å². The molecule has 0 amide bonds. The molecule has 0 radical (unpaired) electrons. The van der Waals surface area contributed by atoms with E-state index in [0.717, 1.165) is 26.5 Å². The van der Waals surface area contributed by atoms with Gasteiger partial charge in [0.15, 0.2) is 0 Å². The Balaban J connectivity index is 1.91. The number of hydrogen-bond donors (Lipinski definition) is 1. The number of aliphatic carboxylic acids is 1. The molecule has 2 aromatic heterocycles. The summed E-state index contributed by atoms with van der Waals surface area (Å²) in [5.74, 6) is -0.779. The number of para-hydroxylation sites is 1. The monoisotopic (exact) mass is 331 g/mol. The third kappa shape index (κ3) is 3.55. The Labute approximate surface area is 135 Å². The average molecular weight is 331 g/mol. The van der Waals surface area contributed by atoms with Crippen molar-refractivity contribution in [3.8, 4) is 0 Å². The number of fused-ring (bicyclic) bond motifs is 1. The minimum atomic E-state index is -0.779. The molecule has 2 heterocycles. The number of rotatable bonds is 6. The van der Waals surface area contributed by atoms with Gasteiger partial charge < -0.3 is 5.11 Å². The number of hydrogen-bond acceptors (Lipinski definition) is 6. The first-order chi connectivity index (χ1) is 10.7. The van der Waals surface area contributed by atoms with Crippen molar-refractivity contribution in [1.82, 2.24) is 14.6 Å². The lowest BCUT2D eigenvalue weighted by Crippen LogP contribution is -1.94. The zero-order valence-electron chi connectivity index (χ0n) is 11.6. The van der Waals surface area contributed by atoms with Crippen molar-refractivity contribution in [2.24, 2.45) is 0 Å². The predicted octanol–water partition coefficient (Wildman–Crippen LogP) is 3.94.